The molecular weight excluding hydrogens is 244 g/mol. The topological polar surface area (TPSA) is 17.1 Å². The van der Waals surface area contributed by atoms with E-state index in [0.717, 1.165) is 28.7 Å². The third kappa shape index (κ3) is 2.20. The van der Waals surface area contributed by atoms with E-state index in [1.165, 1.54) is 0 Å². The third-order valence-corrected chi connectivity index (χ3v) is 3.97. The zero-order valence-corrected chi connectivity index (χ0v) is 11.9. The van der Waals surface area contributed by atoms with Crippen molar-refractivity contribution in [2.24, 2.45) is 0 Å². The summed E-state index contributed by atoms with van der Waals surface area (Å²) < 4.78 is 0. The SMILES string of the molecule is CC1(C)C/C(=C/c2ccccc2)C(=O)c2ccccc21. The normalized spacial score (nSPS) is 18.9. The number of hydrogen-bond acceptors (Lipinski definition) is 1. The number of hydrogen-bond donors (Lipinski definition) is 0. The Balaban J connectivity index is 2.09. The molecule has 2 aromatic carbocycles. The van der Waals surface area contributed by atoms with Crippen molar-refractivity contribution in [1.82, 2.24) is 0 Å². The van der Waals surface area contributed by atoms with E-state index in [9.17, 15) is 4.79 Å². The Morgan fingerprint density at radius 3 is 2.35 bits per heavy atom. The second kappa shape index (κ2) is 4.75. The summed E-state index contributed by atoms with van der Waals surface area (Å²) in [5, 5.41) is 0. The van der Waals surface area contributed by atoms with E-state index in [2.05, 4.69) is 19.9 Å². The lowest BCUT2D eigenvalue weighted by Crippen LogP contribution is -2.29. The van der Waals surface area contributed by atoms with Crippen LogP contribution in [0.15, 0.2) is 60.2 Å². The number of fused-ring (bicyclic) bond motifs is 1. The second-order valence-corrected chi connectivity index (χ2v) is 6.02. The lowest BCUT2D eigenvalue weighted by molar-refractivity contribution is 0.101. The quantitative estimate of drug-likeness (QED) is 0.684. The van der Waals surface area contributed by atoms with Gasteiger partial charge in [0.15, 0.2) is 5.78 Å². The Labute approximate surface area is 120 Å². The second-order valence-electron chi connectivity index (χ2n) is 6.02. The number of allylic oxidation sites excluding steroid dienone is 1. The van der Waals surface area contributed by atoms with E-state index in [1.54, 1.807) is 0 Å². The fraction of sp³-hybridized carbons (Fsp3) is 0.211. The van der Waals surface area contributed by atoms with Crippen molar-refractivity contribution in [3.8, 4) is 0 Å². The minimum absolute atomic E-state index is 0.00508. The highest BCUT2D eigenvalue weighted by Crippen LogP contribution is 2.39. The highest BCUT2D eigenvalue weighted by molar-refractivity contribution is 6.13. The average Bonchev–Trinajstić information content (AvgIpc) is 2.46. The van der Waals surface area contributed by atoms with Crippen LogP contribution in [0.5, 0.6) is 0 Å². The molecule has 0 saturated heterocycles. The van der Waals surface area contributed by atoms with Crippen LogP contribution in [0.3, 0.4) is 0 Å². The highest BCUT2D eigenvalue weighted by atomic mass is 16.1. The summed E-state index contributed by atoms with van der Waals surface area (Å²) in [6, 6.07) is 18.0. The average molecular weight is 262 g/mol. The monoisotopic (exact) mass is 262 g/mol. The first kappa shape index (κ1) is 12.9. The van der Waals surface area contributed by atoms with Crippen LogP contribution in [0.2, 0.25) is 0 Å². The van der Waals surface area contributed by atoms with E-state index in [1.807, 2.05) is 54.6 Å². The first-order valence-corrected chi connectivity index (χ1v) is 6.98. The molecule has 0 unspecified atom stereocenters. The Morgan fingerprint density at radius 2 is 1.60 bits per heavy atom. The predicted molar refractivity (Wildman–Crippen MR) is 82.8 cm³/mol. The first-order valence-electron chi connectivity index (χ1n) is 6.98. The van der Waals surface area contributed by atoms with Crippen LogP contribution in [-0.4, -0.2) is 5.78 Å². The van der Waals surface area contributed by atoms with Crippen molar-refractivity contribution in [3.63, 3.8) is 0 Å². The summed E-state index contributed by atoms with van der Waals surface area (Å²) in [5.74, 6) is 0.170. The molecule has 20 heavy (non-hydrogen) atoms. The molecule has 0 atom stereocenters. The summed E-state index contributed by atoms with van der Waals surface area (Å²) in [5.41, 5.74) is 4.01. The Hall–Kier alpha value is -2.15. The standard InChI is InChI=1S/C19H18O/c1-19(2)13-15(12-14-8-4-3-5-9-14)18(20)16-10-6-7-11-17(16)19/h3-12H,13H2,1-2H3/b15-12-. The molecule has 2 aromatic rings. The van der Waals surface area contributed by atoms with Crippen LogP contribution in [0, 0.1) is 0 Å². The highest BCUT2D eigenvalue weighted by Gasteiger charge is 2.34. The van der Waals surface area contributed by atoms with Crippen molar-refractivity contribution in [2.45, 2.75) is 25.7 Å². The Kier molecular flexibility index (Phi) is 3.06. The minimum Gasteiger partial charge on any atom is -0.289 e. The van der Waals surface area contributed by atoms with Gasteiger partial charge in [0.05, 0.1) is 0 Å². The predicted octanol–water partition coefficient (Wildman–Crippen LogP) is 4.63. The largest absolute Gasteiger partial charge is 0.289 e. The van der Waals surface area contributed by atoms with Gasteiger partial charge >= 0.3 is 0 Å². The number of rotatable bonds is 1. The lowest BCUT2D eigenvalue weighted by atomic mass is 9.70. The van der Waals surface area contributed by atoms with Crippen LogP contribution >= 0.6 is 0 Å². The summed E-state index contributed by atoms with van der Waals surface area (Å²) in [4.78, 5) is 12.6. The smallest absolute Gasteiger partial charge is 0.189 e. The van der Waals surface area contributed by atoms with Crippen molar-refractivity contribution < 1.29 is 4.79 Å². The van der Waals surface area contributed by atoms with E-state index < -0.39 is 0 Å². The number of ketones is 1. The number of carbonyl (C=O) groups is 1. The van der Waals surface area contributed by atoms with Crippen molar-refractivity contribution in [1.29, 1.82) is 0 Å². The molecule has 1 aliphatic rings. The van der Waals surface area contributed by atoms with E-state index >= 15 is 0 Å². The minimum atomic E-state index is 0.00508. The summed E-state index contributed by atoms with van der Waals surface area (Å²) in [6.07, 6.45) is 2.82. The van der Waals surface area contributed by atoms with Gasteiger partial charge in [0.1, 0.15) is 0 Å². The summed E-state index contributed by atoms with van der Waals surface area (Å²) >= 11 is 0. The van der Waals surface area contributed by atoms with Gasteiger partial charge in [-0.2, -0.15) is 0 Å². The van der Waals surface area contributed by atoms with Gasteiger partial charge in [-0.05, 0) is 29.0 Å². The number of carbonyl (C=O) groups excluding carboxylic acids is 1. The molecule has 0 heterocycles. The van der Waals surface area contributed by atoms with Crippen LogP contribution in [0.25, 0.3) is 6.08 Å². The van der Waals surface area contributed by atoms with Gasteiger partial charge < -0.3 is 0 Å². The van der Waals surface area contributed by atoms with Gasteiger partial charge in [-0.1, -0.05) is 68.4 Å². The Bertz CT molecular complexity index is 678. The molecule has 100 valence electrons. The molecule has 0 radical (unpaired) electrons. The fourth-order valence-electron chi connectivity index (χ4n) is 2.96. The van der Waals surface area contributed by atoms with Gasteiger partial charge in [-0.15, -0.1) is 0 Å². The molecule has 0 aliphatic heterocycles. The van der Waals surface area contributed by atoms with Crippen LogP contribution < -0.4 is 0 Å². The maximum Gasteiger partial charge on any atom is 0.189 e. The summed E-state index contributed by atoms with van der Waals surface area (Å²) in [6.45, 7) is 4.41. The first-order chi connectivity index (χ1) is 9.58. The van der Waals surface area contributed by atoms with Crippen LogP contribution in [0.4, 0.5) is 0 Å². The molecule has 0 amide bonds. The molecule has 0 aromatic heterocycles. The molecule has 0 N–H and O–H groups in total. The van der Waals surface area contributed by atoms with E-state index in [-0.39, 0.29) is 11.2 Å². The van der Waals surface area contributed by atoms with E-state index in [0.29, 0.717) is 0 Å². The number of Topliss-reactive ketones (excluding diaryl/α,β-unsaturated/α-hetero) is 1. The molecule has 1 aliphatic carbocycles. The fourth-order valence-corrected chi connectivity index (χ4v) is 2.96. The van der Waals surface area contributed by atoms with Crippen LogP contribution in [-0.2, 0) is 5.41 Å². The van der Waals surface area contributed by atoms with Crippen molar-refractivity contribution in [3.05, 3.63) is 76.9 Å². The maximum absolute atomic E-state index is 12.6. The molecule has 0 fully saturated rings. The van der Waals surface area contributed by atoms with E-state index in [4.69, 9.17) is 0 Å². The van der Waals surface area contributed by atoms with Gasteiger partial charge in [-0.25, -0.2) is 0 Å². The zero-order chi connectivity index (χ0) is 14.2. The lowest BCUT2D eigenvalue weighted by Gasteiger charge is -2.33. The molecule has 1 heteroatoms. The number of benzene rings is 2. The molecule has 3 rings (SSSR count). The molecular formula is C19H18O. The van der Waals surface area contributed by atoms with Crippen molar-refractivity contribution in [2.75, 3.05) is 0 Å². The van der Waals surface area contributed by atoms with Gasteiger partial charge in [0.2, 0.25) is 0 Å². The van der Waals surface area contributed by atoms with Gasteiger partial charge in [0.25, 0.3) is 0 Å². The Morgan fingerprint density at radius 1 is 0.950 bits per heavy atom. The third-order valence-electron chi connectivity index (χ3n) is 3.97. The molecule has 0 spiro atoms. The van der Waals surface area contributed by atoms with Crippen LogP contribution in [0.1, 0.15) is 41.8 Å². The molecule has 0 bridgehead atoms. The molecule has 1 nitrogen and oxygen atoms in total. The zero-order valence-electron chi connectivity index (χ0n) is 11.9. The maximum atomic E-state index is 12.6. The van der Waals surface area contributed by atoms with Gasteiger partial charge in [-0.3, -0.25) is 4.79 Å². The summed E-state index contributed by atoms with van der Waals surface area (Å²) in [7, 11) is 0. The molecule has 0 saturated carbocycles. The van der Waals surface area contributed by atoms with Gasteiger partial charge in [0, 0.05) is 11.1 Å². The van der Waals surface area contributed by atoms with Crippen molar-refractivity contribution >= 4 is 11.9 Å².